The van der Waals surface area contributed by atoms with Crippen molar-refractivity contribution in [2.75, 3.05) is 0 Å². The Morgan fingerprint density at radius 3 is 2.92 bits per heavy atom. The van der Waals surface area contributed by atoms with Crippen LogP contribution in [-0.2, 0) is 13.5 Å². The van der Waals surface area contributed by atoms with Crippen molar-refractivity contribution in [3.8, 4) is 0 Å². The molecule has 0 spiro atoms. The van der Waals surface area contributed by atoms with E-state index in [1.54, 1.807) is 0 Å². The first kappa shape index (κ1) is 9.71. The van der Waals surface area contributed by atoms with Gasteiger partial charge < -0.3 is 0 Å². The summed E-state index contributed by atoms with van der Waals surface area (Å²) in [5.74, 6) is 0. The second kappa shape index (κ2) is 4.60. The van der Waals surface area contributed by atoms with Crippen LogP contribution in [0, 0.1) is 0 Å². The highest BCUT2D eigenvalue weighted by atomic mass is 79.9. The third kappa shape index (κ3) is 2.59. The van der Waals surface area contributed by atoms with Gasteiger partial charge in [-0.05, 0) is 19.3 Å². The molecule has 0 aliphatic heterocycles. The van der Waals surface area contributed by atoms with Crippen LogP contribution in [0.3, 0.4) is 0 Å². The Hall–Kier alpha value is -0.380. The number of alkyl halides is 1. The molecular weight excluding hydrogens is 218 g/mol. The van der Waals surface area contributed by atoms with E-state index in [0.717, 1.165) is 12.8 Å². The molecule has 0 radical (unpaired) electrons. The minimum absolute atomic E-state index is 0.618. The van der Waals surface area contributed by atoms with Gasteiger partial charge in [0.2, 0.25) is 0 Å². The smallest absolute Gasteiger partial charge is 0.0724 e. The van der Waals surface area contributed by atoms with E-state index in [4.69, 9.17) is 0 Å². The first-order chi connectivity index (χ1) is 5.74. The minimum atomic E-state index is 0.618. The molecule has 0 aromatic carbocycles. The Morgan fingerprint density at radius 2 is 2.42 bits per heavy atom. The molecule has 1 heterocycles. The summed E-state index contributed by atoms with van der Waals surface area (Å²) in [4.78, 5) is 0.618. The number of rotatable bonds is 4. The van der Waals surface area contributed by atoms with Gasteiger partial charge in [-0.1, -0.05) is 28.1 Å². The molecule has 0 aliphatic rings. The predicted molar refractivity (Wildman–Crippen MR) is 52.3 cm³/mol. The van der Waals surface area contributed by atoms with Crippen molar-refractivity contribution < 1.29 is 0 Å². The second-order valence-corrected chi connectivity index (χ2v) is 4.19. The Bertz CT molecular complexity index is 234. The van der Waals surface area contributed by atoms with E-state index >= 15 is 0 Å². The zero-order valence-electron chi connectivity index (χ0n) is 7.50. The van der Waals surface area contributed by atoms with Crippen molar-refractivity contribution >= 4 is 15.9 Å². The molecule has 1 aromatic heterocycles. The number of hydrogen-bond acceptors (Lipinski definition) is 2. The van der Waals surface area contributed by atoms with E-state index < -0.39 is 0 Å². The first-order valence-electron chi connectivity index (χ1n) is 4.21. The predicted octanol–water partition coefficient (Wildman–Crippen LogP) is 1.92. The van der Waals surface area contributed by atoms with Crippen LogP contribution in [0.1, 0.15) is 25.5 Å². The van der Waals surface area contributed by atoms with Crippen LogP contribution in [0.2, 0.25) is 0 Å². The molecule has 1 unspecified atom stereocenters. The average molecular weight is 232 g/mol. The summed E-state index contributed by atoms with van der Waals surface area (Å²) >= 11 is 3.60. The summed E-state index contributed by atoms with van der Waals surface area (Å²) in [5, 5.41) is 7.69. The van der Waals surface area contributed by atoms with Crippen LogP contribution in [0.4, 0.5) is 0 Å². The number of aryl methyl sites for hydroxylation is 2. The molecule has 1 atom stereocenters. The number of hydrogen-bond donors (Lipinski definition) is 0. The fraction of sp³-hybridized carbons (Fsp3) is 0.750. The van der Waals surface area contributed by atoms with Crippen molar-refractivity contribution in [2.45, 2.75) is 31.0 Å². The molecule has 68 valence electrons. The van der Waals surface area contributed by atoms with Gasteiger partial charge in [-0.2, -0.15) is 0 Å². The lowest BCUT2D eigenvalue weighted by atomic mass is 10.2. The van der Waals surface area contributed by atoms with Crippen LogP contribution in [0.5, 0.6) is 0 Å². The van der Waals surface area contributed by atoms with E-state index in [0.29, 0.717) is 4.83 Å². The summed E-state index contributed by atoms with van der Waals surface area (Å²) in [6.07, 6.45) is 5.20. The van der Waals surface area contributed by atoms with Gasteiger partial charge in [0, 0.05) is 11.9 Å². The Balaban J connectivity index is 2.38. The summed E-state index contributed by atoms with van der Waals surface area (Å²) in [6.45, 7) is 2.18. The van der Waals surface area contributed by atoms with Crippen molar-refractivity contribution in [3.63, 3.8) is 0 Å². The molecule has 4 heteroatoms. The Kier molecular flexibility index (Phi) is 3.72. The quantitative estimate of drug-likeness (QED) is 0.742. The fourth-order valence-electron chi connectivity index (χ4n) is 1.05. The molecule has 0 N–H and O–H groups in total. The monoisotopic (exact) mass is 231 g/mol. The Morgan fingerprint density at radius 1 is 1.67 bits per heavy atom. The van der Waals surface area contributed by atoms with Crippen molar-refractivity contribution in [2.24, 2.45) is 7.05 Å². The van der Waals surface area contributed by atoms with Crippen molar-refractivity contribution in [3.05, 3.63) is 11.9 Å². The molecule has 0 amide bonds. The van der Waals surface area contributed by atoms with Gasteiger partial charge >= 0.3 is 0 Å². The van der Waals surface area contributed by atoms with Crippen LogP contribution in [0.25, 0.3) is 0 Å². The lowest BCUT2D eigenvalue weighted by Gasteiger charge is -2.05. The highest BCUT2D eigenvalue weighted by molar-refractivity contribution is 9.09. The summed E-state index contributed by atoms with van der Waals surface area (Å²) < 4.78 is 1.83. The van der Waals surface area contributed by atoms with Gasteiger partial charge in [-0.15, -0.1) is 5.10 Å². The molecule has 0 fully saturated rings. The van der Waals surface area contributed by atoms with Crippen LogP contribution in [0.15, 0.2) is 6.20 Å². The topological polar surface area (TPSA) is 30.7 Å². The zero-order valence-corrected chi connectivity index (χ0v) is 9.08. The highest BCUT2D eigenvalue weighted by Gasteiger charge is 2.04. The van der Waals surface area contributed by atoms with Crippen LogP contribution >= 0.6 is 15.9 Å². The number of nitrogens with zero attached hydrogens (tertiary/aromatic N) is 3. The summed E-state index contributed by atoms with van der Waals surface area (Å²) in [7, 11) is 1.93. The zero-order chi connectivity index (χ0) is 8.97. The third-order valence-electron chi connectivity index (χ3n) is 1.96. The van der Waals surface area contributed by atoms with E-state index in [1.165, 1.54) is 12.1 Å². The maximum absolute atomic E-state index is 3.87. The van der Waals surface area contributed by atoms with Gasteiger partial charge in [0.15, 0.2) is 0 Å². The van der Waals surface area contributed by atoms with Gasteiger partial charge in [-0.3, -0.25) is 4.68 Å². The van der Waals surface area contributed by atoms with Gasteiger partial charge in [0.25, 0.3) is 0 Å². The molecule has 12 heavy (non-hydrogen) atoms. The number of halogens is 1. The molecule has 1 rings (SSSR count). The fourth-order valence-corrected chi connectivity index (χ4v) is 1.27. The first-order valence-corrected chi connectivity index (χ1v) is 5.13. The molecule has 3 nitrogen and oxygen atoms in total. The third-order valence-corrected chi connectivity index (χ3v) is 3.07. The van der Waals surface area contributed by atoms with Crippen molar-refractivity contribution in [1.29, 1.82) is 0 Å². The molecule has 0 saturated heterocycles. The van der Waals surface area contributed by atoms with E-state index in [1.807, 2.05) is 17.9 Å². The molecule has 0 saturated carbocycles. The van der Waals surface area contributed by atoms with E-state index in [-0.39, 0.29) is 0 Å². The lowest BCUT2D eigenvalue weighted by molar-refractivity contribution is 0.649. The standard InChI is InChI=1S/C8H14BrN3/c1-3-7(9)4-5-8-6-10-11-12(8)2/h6-7H,3-5H2,1-2H3. The maximum atomic E-state index is 3.87. The summed E-state index contributed by atoms with van der Waals surface area (Å²) in [6, 6.07) is 0. The maximum Gasteiger partial charge on any atom is 0.0724 e. The second-order valence-electron chi connectivity index (χ2n) is 2.89. The largest absolute Gasteiger partial charge is 0.252 e. The molecular formula is C8H14BrN3. The number of aromatic nitrogens is 3. The van der Waals surface area contributed by atoms with Gasteiger partial charge in [0.1, 0.15) is 0 Å². The lowest BCUT2D eigenvalue weighted by Crippen LogP contribution is -2.02. The Labute approximate surface area is 81.3 Å². The highest BCUT2D eigenvalue weighted by Crippen LogP contribution is 2.12. The molecule has 0 aliphatic carbocycles. The van der Waals surface area contributed by atoms with Crippen LogP contribution in [-0.4, -0.2) is 19.8 Å². The van der Waals surface area contributed by atoms with E-state index in [9.17, 15) is 0 Å². The minimum Gasteiger partial charge on any atom is -0.252 e. The SMILES string of the molecule is CCC(Br)CCc1cnnn1C. The average Bonchev–Trinajstić information content (AvgIpc) is 2.47. The molecule has 1 aromatic rings. The molecule has 0 bridgehead atoms. The summed E-state index contributed by atoms with van der Waals surface area (Å²) in [5.41, 5.74) is 1.20. The van der Waals surface area contributed by atoms with Crippen molar-refractivity contribution in [1.82, 2.24) is 15.0 Å². The van der Waals surface area contributed by atoms with Gasteiger partial charge in [-0.25, -0.2) is 0 Å². The van der Waals surface area contributed by atoms with E-state index in [2.05, 4.69) is 33.2 Å². The van der Waals surface area contributed by atoms with Gasteiger partial charge in [0.05, 0.1) is 11.9 Å². The normalized spacial score (nSPS) is 13.2. The van der Waals surface area contributed by atoms with Crippen LogP contribution < -0.4 is 0 Å².